The number of urea groups is 1. The predicted molar refractivity (Wildman–Crippen MR) is 98.9 cm³/mol. The first kappa shape index (κ1) is 19.4. The van der Waals surface area contributed by atoms with Crippen molar-refractivity contribution in [3.63, 3.8) is 0 Å². The van der Waals surface area contributed by atoms with Gasteiger partial charge in [-0.1, -0.05) is 12.1 Å². The monoisotopic (exact) mass is 403 g/mol. The number of imide groups is 1. The van der Waals surface area contributed by atoms with Crippen LogP contribution in [0.3, 0.4) is 0 Å². The van der Waals surface area contributed by atoms with Gasteiger partial charge in [-0.05, 0) is 55.7 Å². The molecule has 1 aliphatic carbocycles. The standard InChI is InChI=1S/C21H20F3N3O2/c1-21(17-10-15(23)6-9-18(17)24)19(28)27(20(29)25-21)12-26(16-7-8-16)11-13-2-4-14(22)5-3-13/h2-6,9-10,16H,7-8,11-12H2,1H3,(H,25,29)/t21-/m1/s1. The molecule has 2 fully saturated rings. The summed E-state index contributed by atoms with van der Waals surface area (Å²) in [6, 6.07) is 8.39. The van der Waals surface area contributed by atoms with E-state index >= 15 is 0 Å². The van der Waals surface area contributed by atoms with Gasteiger partial charge in [-0.2, -0.15) is 0 Å². The number of hydrogen-bond acceptors (Lipinski definition) is 3. The average molecular weight is 403 g/mol. The zero-order valence-electron chi connectivity index (χ0n) is 15.8. The Morgan fingerprint density at radius 2 is 1.72 bits per heavy atom. The predicted octanol–water partition coefficient (Wildman–Crippen LogP) is 3.49. The Kier molecular flexibility index (Phi) is 4.82. The molecule has 0 bridgehead atoms. The lowest BCUT2D eigenvalue weighted by Crippen LogP contribution is -2.44. The summed E-state index contributed by atoms with van der Waals surface area (Å²) in [4.78, 5) is 28.6. The van der Waals surface area contributed by atoms with Gasteiger partial charge in [-0.25, -0.2) is 22.9 Å². The Balaban J connectivity index is 1.56. The molecule has 152 valence electrons. The maximum absolute atomic E-state index is 14.3. The van der Waals surface area contributed by atoms with Crippen molar-refractivity contribution in [2.75, 3.05) is 6.67 Å². The van der Waals surface area contributed by atoms with Gasteiger partial charge in [-0.15, -0.1) is 0 Å². The lowest BCUT2D eigenvalue weighted by molar-refractivity contribution is -0.132. The lowest BCUT2D eigenvalue weighted by Gasteiger charge is -2.27. The zero-order chi connectivity index (χ0) is 20.8. The summed E-state index contributed by atoms with van der Waals surface area (Å²) < 4.78 is 41.1. The zero-order valence-corrected chi connectivity index (χ0v) is 15.8. The molecule has 3 amide bonds. The summed E-state index contributed by atoms with van der Waals surface area (Å²) >= 11 is 0. The smallest absolute Gasteiger partial charge is 0.319 e. The number of carbonyl (C=O) groups excluding carboxylic acids is 2. The first-order valence-corrected chi connectivity index (χ1v) is 9.36. The number of nitrogens with zero attached hydrogens (tertiary/aromatic N) is 2. The van der Waals surface area contributed by atoms with Gasteiger partial charge >= 0.3 is 6.03 Å². The second-order valence-electron chi connectivity index (χ2n) is 7.66. The second kappa shape index (κ2) is 7.18. The van der Waals surface area contributed by atoms with Crippen LogP contribution in [0.5, 0.6) is 0 Å². The fourth-order valence-corrected chi connectivity index (χ4v) is 3.63. The van der Waals surface area contributed by atoms with Gasteiger partial charge < -0.3 is 5.32 Å². The van der Waals surface area contributed by atoms with Crippen molar-refractivity contribution in [3.05, 3.63) is 71.0 Å². The van der Waals surface area contributed by atoms with Crippen LogP contribution in [-0.4, -0.2) is 34.4 Å². The summed E-state index contributed by atoms with van der Waals surface area (Å²) in [5, 5.41) is 2.51. The van der Waals surface area contributed by atoms with Crippen molar-refractivity contribution >= 4 is 11.9 Å². The molecule has 2 aromatic rings. The summed E-state index contributed by atoms with van der Waals surface area (Å²) in [6.07, 6.45) is 1.86. The summed E-state index contributed by atoms with van der Waals surface area (Å²) in [5.74, 6) is -2.45. The molecule has 4 rings (SSSR count). The van der Waals surface area contributed by atoms with E-state index in [1.54, 1.807) is 12.1 Å². The van der Waals surface area contributed by atoms with Gasteiger partial charge in [0.15, 0.2) is 0 Å². The van der Waals surface area contributed by atoms with Gasteiger partial charge in [-0.3, -0.25) is 9.69 Å². The highest BCUT2D eigenvalue weighted by Crippen LogP contribution is 2.33. The van der Waals surface area contributed by atoms with Crippen LogP contribution in [0.25, 0.3) is 0 Å². The fourth-order valence-electron chi connectivity index (χ4n) is 3.63. The first-order chi connectivity index (χ1) is 13.8. The van der Waals surface area contributed by atoms with Crippen molar-refractivity contribution in [2.24, 2.45) is 0 Å². The average Bonchev–Trinajstić information content (AvgIpc) is 3.50. The van der Waals surface area contributed by atoms with Crippen LogP contribution in [0, 0.1) is 17.5 Å². The van der Waals surface area contributed by atoms with E-state index in [0.717, 1.165) is 41.5 Å². The normalized spacial score (nSPS) is 21.8. The van der Waals surface area contributed by atoms with E-state index in [4.69, 9.17) is 0 Å². The number of rotatable bonds is 6. The summed E-state index contributed by atoms with van der Waals surface area (Å²) in [7, 11) is 0. The molecular formula is C21H20F3N3O2. The van der Waals surface area contributed by atoms with E-state index in [0.29, 0.717) is 6.54 Å². The van der Waals surface area contributed by atoms with Gasteiger partial charge in [0, 0.05) is 18.2 Å². The molecule has 2 aromatic carbocycles. The molecule has 1 heterocycles. The number of amides is 3. The third kappa shape index (κ3) is 3.72. The number of halogens is 3. The molecule has 1 atom stereocenters. The van der Waals surface area contributed by atoms with Gasteiger partial charge in [0.05, 0.1) is 6.67 Å². The van der Waals surface area contributed by atoms with E-state index in [2.05, 4.69) is 5.32 Å². The molecule has 1 saturated carbocycles. The molecule has 1 aliphatic heterocycles. The Hall–Kier alpha value is -2.87. The van der Waals surface area contributed by atoms with Crippen molar-refractivity contribution in [1.82, 2.24) is 15.1 Å². The molecule has 0 unspecified atom stereocenters. The van der Waals surface area contributed by atoms with E-state index in [9.17, 15) is 22.8 Å². The molecule has 29 heavy (non-hydrogen) atoms. The first-order valence-electron chi connectivity index (χ1n) is 9.36. The molecule has 1 N–H and O–H groups in total. The second-order valence-corrected chi connectivity index (χ2v) is 7.66. The molecule has 0 aromatic heterocycles. The van der Waals surface area contributed by atoms with E-state index in [-0.39, 0.29) is 24.1 Å². The van der Waals surface area contributed by atoms with Crippen LogP contribution in [0.15, 0.2) is 42.5 Å². The Morgan fingerprint density at radius 3 is 2.38 bits per heavy atom. The minimum absolute atomic E-state index is 0.0131. The maximum Gasteiger partial charge on any atom is 0.326 e. The van der Waals surface area contributed by atoms with Crippen LogP contribution < -0.4 is 5.32 Å². The Bertz CT molecular complexity index is 962. The van der Waals surface area contributed by atoms with Crippen molar-refractivity contribution in [1.29, 1.82) is 0 Å². The molecule has 0 spiro atoms. The van der Waals surface area contributed by atoms with Crippen LogP contribution in [0.2, 0.25) is 0 Å². The molecular weight excluding hydrogens is 383 g/mol. The van der Waals surface area contributed by atoms with Crippen LogP contribution in [-0.2, 0) is 16.9 Å². The van der Waals surface area contributed by atoms with Gasteiger partial charge in [0.2, 0.25) is 0 Å². The summed E-state index contributed by atoms with van der Waals surface area (Å²) in [5.41, 5.74) is -1.05. The topological polar surface area (TPSA) is 52.7 Å². The quantitative estimate of drug-likeness (QED) is 0.752. The van der Waals surface area contributed by atoms with Crippen LogP contribution >= 0.6 is 0 Å². The van der Waals surface area contributed by atoms with Gasteiger partial charge in [0.1, 0.15) is 23.0 Å². The third-order valence-corrected chi connectivity index (χ3v) is 5.43. The van der Waals surface area contributed by atoms with E-state index in [1.807, 2.05) is 4.90 Å². The highest BCUT2D eigenvalue weighted by atomic mass is 19.1. The number of benzene rings is 2. The fraction of sp³-hybridized carbons (Fsp3) is 0.333. The third-order valence-electron chi connectivity index (χ3n) is 5.43. The minimum Gasteiger partial charge on any atom is -0.319 e. The minimum atomic E-state index is -1.69. The Labute approximate surface area is 166 Å². The number of hydrogen-bond donors (Lipinski definition) is 1. The Morgan fingerprint density at radius 1 is 1.07 bits per heavy atom. The van der Waals surface area contributed by atoms with Crippen molar-refractivity contribution in [2.45, 2.75) is 37.9 Å². The van der Waals surface area contributed by atoms with Crippen LogP contribution in [0.1, 0.15) is 30.9 Å². The lowest BCUT2D eigenvalue weighted by atomic mass is 9.91. The molecule has 0 radical (unpaired) electrons. The largest absolute Gasteiger partial charge is 0.326 e. The van der Waals surface area contributed by atoms with E-state index < -0.39 is 29.1 Å². The SMILES string of the molecule is C[C@]1(c2cc(F)ccc2F)NC(=O)N(CN(Cc2ccc(F)cc2)C2CC2)C1=O. The molecule has 5 nitrogen and oxygen atoms in total. The van der Waals surface area contributed by atoms with Crippen molar-refractivity contribution in [3.8, 4) is 0 Å². The highest BCUT2D eigenvalue weighted by Gasteiger charge is 2.51. The van der Waals surface area contributed by atoms with Crippen LogP contribution in [0.4, 0.5) is 18.0 Å². The molecule has 1 saturated heterocycles. The van der Waals surface area contributed by atoms with E-state index in [1.165, 1.54) is 19.1 Å². The number of carbonyl (C=O) groups is 2. The maximum atomic E-state index is 14.3. The highest BCUT2D eigenvalue weighted by molar-refractivity contribution is 6.07. The summed E-state index contributed by atoms with van der Waals surface area (Å²) in [6.45, 7) is 1.82. The molecule has 8 heteroatoms. The van der Waals surface area contributed by atoms with Gasteiger partial charge in [0.25, 0.3) is 5.91 Å². The van der Waals surface area contributed by atoms with Crippen molar-refractivity contribution < 1.29 is 22.8 Å². The number of nitrogens with one attached hydrogen (secondary N) is 1. The molecule has 2 aliphatic rings.